The minimum absolute atomic E-state index is 0.213. The fourth-order valence-electron chi connectivity index (χ4n) is 1.95. The van der Waals surface area contributed by atoms with Crippen molar-refractivity contribution in [1.82, 2.24) is 0 Å². The molecular formula is C16H17BrFNO. The van der Waals surface area contributed by atoms with Gasteiger partial charge in [-0.1, -0.05) is 22.0 Å². The number of likely N-dealkylation sites (N-methyl/N-ethyl adjacent to an activating group) is 1. The molecule has 0 N–H and O–H groups in total. The fraction of sp³-hybridized carbons (Fsp3) is 0.250. The second-order valence-corrected chi connectivity index (χ2v) is 5.28. The lowest BCUT2D eigenvalue weighted by atomic mass is 10.3. The number of halogens is 2. The molecule has 0 amide bonds. The minimum atomic E-state index is -0.213. The van der Waals surface area contributed by atoms with E-state index in [0.717, 1.165) is 29.0 Å². The van der Waals surface area contributed by atoms with Gasteiger partial charge < -0.3 is 9.64 Å². The van der Waals surface area contributed by atoms with Crippen molar-refractivity contribution in [2.75, 3.05) is 24.6 Å². The lowest BCUT2D eigenvalue weighted by Gasteiger charge is -2.23. The summed E-state index contributed by atoms with van der Waals surface area (Å²) in [5.41, 5.74) is 1.01. The van der Waals surface area contributed by atoms with Crippen molar-refractivity contribution in [3.8, 4) is 5.75 Å². The first-order valence-corrected chi connectivity index (χ1v) is 7.37. The first-order chi connectivity index (χ1) is 9.69. The summed E-state index contributed by atoms with van der Waals surface area (Å²) in [6.45, 7) is 4.27. The molecule has 0 aliphatic heterocycles. The zero-order chi connectivity index (χ0) is 14.4. The van der Waals surface area contributed by atoms with Gasteiger partial charge in [0.25, 0.3) is 0 Å². The van der Waals surface area contributed by atoms with E-state index < -0.39 is 0 Å². The quantitative estimate of drug-likeness (QED) is 0.769. The number of benzene rings is 2. The van der Waals surface area contributed by atoms with Crippen LogP contribution >= 0.6 is 15.9 Å². The molecule has 2 nitrogen and oxygen atoms in total. The van der Waals surface area contributed by atoms with Gasteiger partial charge in [0.2, 0.25) is 0 Å². The number of anilines is 1. The van der Waals surface area contributed by atoms with E-state index in [1.54, 1.807) is 12.1 Å². The average Bonchev–Trinajstić information content (AvgIpc) is 2.45. The van der Waals surface area contributed by atoms with Crippen LogP contribution in [0.4, 0.5) is 10.1 Å². The third kappa shape index (κ3) is 4.23. The van der Waals surface area contributed by atoms with Crippen LogP contribution in [-0.2, 0) is 0 Å². The van der Waals surface area contributed by atoms with Crippen LogP contribution < -0.4 is 9.64 Å². The van der Waals surface area contributed by atoms with Crippen LogP contribution in [0.2, 0.25) is 0 Å². The van der Waals surface area contributed by atoms with E-state index in [0.29, 0.717) is 6.61 Å². The van der Waals surface area contributed by atoms with Gasteiger partial charge in [0, 0.05) is 16.7 Å². The van der Waals surface area contributed by atoms with E-state index in [9.17, 15) is 4.39 Å². The number of ether oxygens (including phenoxy) is 1. The highest BCUT2D eigenvalue weighted by Gasteiger charge is 2.04. The fourth-order valence-corrected chi connectivity index (χ4v) is 2.33. The zero-order valence-electron chi connectivity index (χ0n) is 11.4. The first kappa shape index (κ1) is 14.9. The molecule has 2 aromatic rings. The van der Waals surface area contributed by atoms with Gasteiger partial charge in [-0.3, -0.25) is 0 Å². The monoisotopic (exact) mass is 337 g/mol. The Morgan fingerprint density at radius 1 is 1.15 bits per heavy atom. The molecule has 20 heavy (non-hydrogen) atoms. The Morgan fingerprint density at radius 3 is 2.55 bits per heavy atom. The molecule has 2 aromatic carbocycles. The van der Waals surface area contributed by atoms with Crippen LogP contribution in [0.15, 0.2) is 53.0 Å². The maximum Gasteiger partial charge on any atom is 0.123 e. The second-order valence-electron chi connectivity index (χ2n) is 4.36. The van der Waals surface area contributed by atoms with Crippen molar-refractivity contribution in [2.24, 2.45) is 0 Å². The number of hydrogen-bond donors (Lipinski definition) is 0. The summed E-state index contributed by atoms with van der Waals surface area (Å²) in [6.07, 6.45) is 0. The molecule has 0 saturated carbocycles. The summed E-state index contributed by atoms with van der Waals surface area (Å²) in [4.78, 5) is 2.15. The van der Waals surface area contributed by atoms with E-state index in [1.165, 1.54) is 12.1 Å². The highest BCUT2D eigenvalue weighted by atomic mass is 79.9. The number of hydrogen-bond acceptors (Lipinski definition) is 2. The molecule has 0 aliphatic carbocycles. The van der Waals surface area contributed by atoms with Gasteiger partial charge in [-0.2, -0.15) is 0 Å². The SMILES string of the molecule is CCN(CCOc1cccc(Br)c1)c1ccc(F)cc1. The van der Waals surface area contributed by atoms with Crippen LogP contribution in [0.25, 0.3) is 0 Å². The smallest absolute Gasteiger partial charge is 0.123 e. The summed E-state index contributed by atoms with van der Waals surface area (Å²) in [5, 5.41) is 0. The van der Waals surface area contributed by atoms with Crippen LogP contribution in [0.1, 0.15) is 6.92 Å². The van der Waals surface area contributed by atoms with Gasteiger partial charge in [-0.05, 0) is 49.4 Å². The maximum absolute atomic E-state index is 12.9. The highest BCUT2D eigenvalue weighted by Crippen LogP contribution is 2.18. The highest BCUT2D eigenvalue weighted by molar-refractivity contribution is 9.10. The maximum atomic E-state index is 12.9. The van der Waals surface area contributed by atoms with Gasteiger partial charge in [0.05, 0.1) is 6.54 Å². The Hall–Kier alpha value is -1.55. The Balaban J connectivity index is 1.89. The van der Waals surface area contributed by atoms with Crippen molar-refractivity contribution in [3.63, 3.8) is 0 Å². The molecule has 0 saturated heterocycles. The Kier molecular flexibility index (Phi) is 5.41. The van der Waals surface area contributed by atoms with E-state index >= 15 is 0 Å². The first-order valence-electron chi connectivity index (χ1n) is 6.58. The Morgan fingerprint density at radius 2 is 1.90 bits per heavy atom. The molecule has 0 aliphatic rings. The molecule has 106 valence electrons. The molecule has 0 fully saturated rings. The van der Waals surface area contributed by atoms with Crippen LogP contribution in [0, 0.1) is 5.82 Å². The van der Waals surface area contributed by atoms with Gasteiger partial charge in [-0.25, -0.2) is 4.39 Å². The molecule has 0 unspecified atom stereocenters. The molecule has 0 atom stereocenters. The molecule has 0 bridgehead atoms. The van der Waals surface area contributed by atoms with Crippen molar-refractivity contribution < 1.29 is 9.13 Å². The van der Waals surface area contributed by atoms with Gasteiger partial charge in [-0.15, -0.1) is 0 Å². The predicted octanol–water partition coefficient (Wildman–Crippen LogP) is 4.49. The normalized spacial score (nSPS) is 10.3. The van der Waals surface area contributed by atoms with E-state index in [-0.39, 0.29) is 5.82 Å². The van der Waals surface area contributed by atoms with Crippen LogP contribution in [0.3, 0.4) is 0 Å². The van der Waals surface area contributed by atoms with Crippen LogP contribution in [0.5, 0.6) is 5.75 Å². The summed E-state index contributed by atoms with van der Waals surface area (Å²) in [5.74, 6) is 0.629. The summed E-state index contributed by atoms with van der Waals surface area (Å²) < 4.78 is 19.6. The summed E-state index contributed by atoms with van der Waals surface area (Å²) in [6, 6.07) is 14.3. The Labute approximate surface area is 127 Å². The van der Waals surface area contributed by atoms with E-state index in [2.05, 4.69) is 27.8 Å². The van der Waals surface area contributed by atoms with Gasteiger partial charge in [0.1, 0.15) is 18.2 Å². The van der Waals surface area contributed by atoms with Crippen molar-refractivity contribution in [1.29, 1.82) is 0 Å². The number of nitrogens with zero attached hydrogens (tertiary/aromatic N) is 1. The standard InChI is InChI=1S/C16H17BrFNO/c1-2-19(15-8-6-14(18)7-9-15)10-11-20-16-5-3-4-13(17)12-16/h3-9,12H,2,10-11H2,1H3. The lowest BCUT2D eigenvalue weighted by molar-refractivity contribution is 0.324. The topological polar surface area (TPSA) is 12.5 Å². The van der Waals surface area contributed by atoms with Gasteiger partial charge >= 0.3 is 0 Å². The predicted molar refractivity (Wildman–Crippen MR) is 83.9 cm³/mol. The van der Waals surface area contributed by atoms with Crippen molar-refractivity contribution in [3.05, 3.63) is 58.8 Å². The third-order valence-corrected chi connectivity index (χ3v) is 3.49. The molecule has 0 radical (unpaired) electrons. The molecule has 0 heterocycles. The Bertz CT molecular complexity index is 544. The van der Waals surface area contributed by atoms with Crippen molar-refractivity contribution >= 4 is 21.6 Å². The second kappa shape index (κ2) is 7.29. The van der Waals surface area contributed by atoms with E-state index in [4.69, 9.17) is 4.74 Å². The molecule has 2 rings (SSSR count). The molecule has 4 heteroatoms. The molecular weight excluding hydrogens is 321 g/mol. The van der Waals surface area contributed by atoms with Gasteiger partial charge in [0.15, 0.2) is 0 Å². The molecule has 0 spiro atoms. The lowest BCUT2D eigenvalue weighted by Crippen LogP contribution is -2.28. The van der Waals surface area contributed by atoms with E-state index in [1.807, 2.05) is 24.3 Å². The summed E-state index contributed by atoms with van der Waals surface area (Å²) >= 11 is 3.41. The summed E-state index contributed by atoms with van der Waals surface area (Å²) in [7, 11) is 0. The average molecular weight is 338 g/mol. The largest absolute Gasteiger partial charge is 0.492 e. The van der Waals surface area contributed by atoms with Crippen molar-refractivity contribution in [2.45, 2.75) is 6.92 Å². The third-order valence-electron chi connectivity index (χ3n) is 3.00. The van der Waals surface area contributed by atoms with Crippen LogP contribution in [-0.4, -0.2) is 19.7 Å². The minimum Gasteiger partial charge on any atom is -0.492 e. The zero-order valence-corrected chi connectivity index (χ0v) is 12.9. The number of rotatable bonds is 6. The molecule has 0 aromatic heterocycles.